The molecule has 0 atom stereocenters. The van der Waals surface area contributed by atoms with Crippen molar-refractivity contribution in [3.8, 4) is 5.75 Å². The summed E-state index contributed by atoms with van der Waals surface area (Å²) in [6, 6.07) is 5.67. The highest BCUT2D eigenvalue weighted by molar-refractivity contribution is 9.10. The average Bonchev–Trinajstić information content (AvgIpc) is 2.23. The van der Waals surface area contributed by atoms with E-state index in [1.54, 1.807) is 13.3 Å². The molecule has 0 aliphatic rings. The van der Waals surface area contributed by atoms with Gasteiger partial charge in [0.15, 0.2) is 0 Å². The summed E-state index contributed by atoms with van der Waals surface area (Å²) in [6.07, 6.45) is 1.67. The highest BCUT2D eigenvalue weighted by atomic mass is 79.9. The number of methoxy groups -OCH3 is 1. The van der Waals surface area contributed by atoms with Gasteiger partial charge in [-0.05, 0) is 22.0 Å². The molecule has 0 spiro atoms. The molecule has 0 saturated heterocycles. The van der Waals surface area contributed by atoms with Gasteiger partial charge in [-0.1, -0.05) is 23.7 Å². The minimum absolute atomic E-state index is 0.661. The molecular weight excluding hydrogens is 265 g/mol. The molecule has 0 unspecified atom stereocenters. The van der Waals surface area contributed by atoms with Gasteiger partial charge in [-0.15, -0.1) is 0 Å². The molecule has 14 heavy (non-hydrogen) atoms. The lowest BCUT2D eigenvalue weighted by Crippen LogP contribution is -1.88. The molecular formula is C10H7BrClNO. The summed E-state index contributed by atoms with van der Waals surface area (Å²) in [5.41, 5.74) is 0.781. The van der Waals surface area contributed by atoms with Crippen LogP contribution in [0.25, 0.3) is 10.9 Å². The molecule has 72 valence electrons. The zero-order valence-corrected chi connectivity index (χ0v) is 9.76. The Balaban J connectivity index is 2.86. The number of aromatic nitrogens is 1. The molecule has 4 heteroatoms. The van der Waals surface area contributed by atoms with Crippen LogP contribution in [0.3, 0.4) is 0 Å². The van der Waals surface area contributed by atoms with E-state index in [0.717, 1.165) is 21.1 Å². The van der Waals surface area contributed by atoms with Crippen molar-refractivity contribution in [3.05, 3.63) is 33.9 Å². The second kappa shape index (κ2) is 3.75. The summed E-state index contributed by atoms with van der Waals surface area (Å²) in [4.78, 5) is 4.26. The zero-order chi connectivity index (χ0) is 10.1. The number of pyridine rings is 1. The van der Waals surface area contributed by atoms with Gasteiger partial charge in [0.05, 0.1) is 16.6 Å². The number of hydrogen-bond acceptors (Lipinski definition) is 2. The maximum atomic E-state index is 6.11. The van der Waals surface area contributed by atoms with E-state index in [1.807, 2.05) is 18.2 Å². The predicted molar refractivity (Wildman–Crippen MR) is 61.0 cm³/mol. The van der Waals surface area contributed by atoms with Crippen LogP contribution in [0, 0.1) is 0 Å². The second-order valence-corrected chi connectivity index (χ2v) is 4.01. The van der Waals surface area contributed by atoms with Crippen LogP contribution in [0.5, 0.6) is 5.75 Å². The molecule has 2 nitrogen and oxygen atoms in total. The van der Waals surface area contributed by atoms with Gasteiger partial charge in [-0.2, -0.15) is 0 Å². The predicted octanol–water partition coefficient (Wildman–Crippen LogP) is 3.66. The Hall–Kier alpha value is -0.800. The van der Waals surface area contributed by atoms with Crippen LogP contribution < -0.4 is 4.74 Å². The van der Waals surface area contributed by atoms with Crippen molar-refractivity contribution in [1.82, 2.24) is 4.98 Å². The Morgan fingerprint density at radius 1 is 1.43 bits per heavy atom. The van der Waals surface area contributed by atoms with Crippen LogP contribution in [0.4, 0.5) is 0 Å². The van der Waals surface area contributed by atoms with Gasteiger partial charge in [-0.3, -0.25) is 4.98 Å². The summed E-state index contributed by atoms with van der Waals surface area (Å²) < 4.78 is 5.98. The van der Waals surface area contributed by atoms with E-state index in [0.29, 0.717) is 5.02 Å². The smallest absolute Gasteiger partial charge is 0.145 e. The Morgan fingerprint density at radius 2 is 2.21 bits per heavy atom. The molecule has 2 aromatic rings. The van der Waals surface area contributed by atoms with Crippen molar-refractivity contribution >= 4 is 38.4 Å². The highest BCUT2D eigenvalue weighted by Crippen LogP contribution is 2.33. The van der Waals surface area contributed by atoms with E-state index in [2.05, 4.69) is 20.9 Å². The fourth-order valence-electron chi connectivity index (χ4n) is 1.30. The quantitative estimate of drug-likeness (QED) is 0.790. The normalized spacial score (nSPS) is 10.5. The van der Waals surface area contributed by atoms with E-state index in [9.17, 15) is 0 Å². The fourth-order valence-corrected chi connectivity index (χ4v) is 1.82. The zero-order valence-electron chi connectivity index (χ0n) is 7.42. The molecule has 0 radical (unpaired) electrons. The van der Waals surface area contributed by atoms with Crippen molar-refractivity contribution < 1.29 is 4.74 Å². The first-order chi connectivity index (χ1) is 6.74. The number of ether oxygens (including phenoxy) is 1. The molecule has 0 N–H and O–H groups in total. The van der Waals surface area contributed by atoms with Crippen LogP contribution in [0.1, 0.15) is 0 Å². The lowest BCUT2D eigenvalue weighted by molar-refractivity contribution is 0.419. The third-order valence-corrected chi connectivity index (χ3v) is 3.21. The van der Waals surface area contributed by atoms with Crippen molar-refractivity contribution in [1.29, 1.82) is 0 Å². The van der Waals surface area contributed by atoms with Crippen molar-refractivity contribution in [2.75, 3.05) is 7.11 Å². The van der Waals surface area contributed by atoms with Gasteiger partial charge in [-0.25, -0.2) is 0 Å². The summed E-state index contributed by atoms with van der Waals surface area (Å²) >= 11 is 9.44. The third-order valence-electron chi connectivity index (χ3n) is 1.97. The number of fused-ring (bicyclic) bond motifs is 1. The number of nitrogens with zero attached hydrogens (tertiary/aromatic N) is 1. The Morgan fingerprint density at radius 3 is 2.93 bits per heavy atom. The lowest BCUT2D eigenvalue weighted by Gasteiger charge is -2.05. The summed E-state index contributed by atoms with van der Waals surface area (Å²) in [6.45, 7) is 0. The monoisotopic (exact) mass is 271 g/mol. The summed E-state index contributed by atoms with van der Waals surface area (Å²) in [5.74, 6) is 0.733. The minimum atomic E-state index is 0.661. The Kier molecular flexibility index (Phi) is 2.61. The molecule has 0 saturated carbocycles. The topological polar surface area (TPSA) is 22.1 Å². The van der Waals surface area contributed by atoms with E-state index >= 15 is 0 Å². The maximum Gasteiger partial charge on any atom is 0.145 e. The standard InChI is InChI=1S/C10H7BrClNO/c1-14-8-4-2-3-6-9(12)7(11)5-13-10(6)8/h2-5H,1H3. The molecule has 0 aliphatic heterocycles. The minimum Gasteiger partial charge on any atom is -0.494 e. The maximum absolute atomic E-state index is 6.11. The molecule has 2 rings (SSSR count). The van der Waals surface area contributed by atoms with Crippen LogP contribution in [-0.2, 0) is 0 Å². The first kappa shape index (κ1) is 9.74. The second-order valence-electron chi connectivity index (χ2n) is 2.78. The van der Waals surface area contributed by atoms with E-state index in [4.69, 9.17) is 16.3 Å². The number of benzene rings is 1. The number of para-hydroxylation sites is 1. The fraction of sp³-hybridized carbons (Fsp3) is 0.100. The van der Waals surface area contributed by atoms with Crippen LogP contribution in [-0.4, -0.2) is 12.1 Å². The van der Waals surface area contributed by atoms with E-state index in [1.165, 1.54) is 0 Å². The largest absolute Gasteiger partial charge is 0.494 e. The number of halogens is 2. The van der Waals surface area contributed by atoms with Crippen molar-refractivity contribution in [2.45, 2.75) is 0 Å². The molecule has 1 heterocycles. The average molecular weight is 273 g/mol. The Bertz CT molecular complexity index is 487. The lowest BCUT2D eigenvalue weighted by atomic mass is 10.2. The van der Waals surface area contributed by atoms with Gasteiger partial charge in [0, 0.05) is 11.6 Å². The van der Waals surface area contributed by atoms with Gasteiger partial charge in [0.25, 0.3) is 0 Å². The van der Waals surface area contributed by atoms with Crippen LogP contribution in [0.15, 0.2) is 28.9 Å². The van der Waals surface area contributed by atoms with Gasteiger partial charge >= 0.3 is 0 Å². The number of rotatable bonds is 1. The molecule has 1 aromatic heterocycles. The molecule has 0 aliphatic carbocycles. The summed E-state index contributed by atoms with van der Waals surface area (Å²) in [7, 11) is 1.62. The summed E-state index contributed by atoms with van der Waals surface area (Å²) in [5, 5.41) is 1.55. The molecule has 0 bridgehead atoms. The first-order valence-electron chi connectivity index (χ1n) is 4.00. The molecule has 1 aromatic carbocycles. The van der Waals surface area contributed by atoms with E-state index < -0.39 is 0 Å². The van der Waals surface area contributed by atoms with E-state index in [-0.39, 0.29) is 0 Å². The number of hydrogen-bond donors (Lipinski definition) is 0. The van der Waals surface area contributed by atoms with Crippen molar-refractivity contribution in [2.24, 2.45) is 0 Å². The SMILES string of the molecule is COc1cccc2c(Cl)c(Br)cnc12. The van der Waals surface area contributed by atoms with Crippen molar-refractivity contribution in [3.63, 3.8) is 0 Å². The van der Waals surface area contributed by atoms with Gasteiger partial charge in [0.2, 0.25) is 0 Å². The van der Waals surface area contributed by atoms with Gasteiger partial charge in [0.1, 0.15) is 11.3 Å². The highest BCUT2D eigenvalue weighted by Gasteiger charge is 2.07. The first-order valence-corrected chi connectivity index (χ1v) is 5.18. The molecule has 0 fully saturated rings. The molecule has 0 amide bonds. The van der Waals surface area contributed by atoms with Crippen LogP contribution in [0.2, 0.25) is 5.02 Å². The van der Waals surface area contributed by atoms with Gasteiger partial charge < -0.3 is 4.74 Å². The third kappa shape index (κ3) is 1.47. The Labute approximate surface area is 95.0 Å². The van der Waals surface area contributed by atoms with Crippen LogP contribution >= 0.6 is 27.5 Å².